The SMILES string of the molecule is [2H]C([2H])(N)C([2H])([2H])C([2H])([2H])C([2H])([2H])S(C)=O. The summed E-state index contributed by atoms with van der Waals surface area (Å²) in [4.78, 5) is 0. The maximum atomic E-state index is 11.1. The van der Waals surface area contributed by atoms with Gasteiger partial charge in [0.1, 0.15) is 0 Å². The monoisotopic (exact) mass is 143 g/mol. The van der Waals surface area contributed by atoms with Crippen LogP contribution in [-0.4, -0.2) is 22.7 Å². The molecule has 0 fully saturated rings. The third-order valence-electron chi connectivity index (χ3n) is 0.329. The Morgan fingerprint density at radius 2 is 2.38 bits per heavy atom. The molecule has 0 saturated carbocycles. The summed E-state index contributed by atoms with van der Waals surface area (Å²) in [6.07, 6.45) is -5.78. The Balaban J connectivity index is 5.62. The number of rotatable bonds is 4. The van der Waals surface area contributed by atoms with Gasteiger partial charge >= 0.3 is 0 Å². The van der Waals surface area contributed by atoms with E-state index in [1.165, 1.54) is 0 Å². The minimum atomic E-state index is -3.34. The molecule has 1 unspecified atom stereocenters. The first-order valence-electron chi connectivity index (χ1n) is 5.82. The summed E-state index contributed by atoms with van der Waals surface area (Å²) in [6, 6.07) is 0. The van der Waals surface area contributed by atoms with Crippen LogP contribution in [0.4, 0.5) is 0 Å². The first kappa shape index (κ1) is 1.80. The predicted octanol–water partition coefficient (Wildman–Crippen LogP) is 0.104. The van der Waals surface area contributed by atoms with Gasteiger partial charge in [0.25, 0.3) is 0 Å². The van der Waals surface area contributed by atoms with Gasteiger partial charge in [0.2, 0.25) is 0 Å². The third-order valence-corrected chi connectivity index (χ3v) is 0.719. The van der Waals surface area contributed by atoms with Crippen LogP contribution in [0.15, 0.2) is 0 Å². The molecule has 1 atom stereocenters. The Labute approximate surface area is 64.2 Å². The average molecular weight is 143 g/mol. The van der Waals surface area contributed by atoms with E-state index in [1.807, 2.05) is 0 Å². The van der Waals surface area contributed by atoms with Crippen molar-refractivity contribution in [2.75, 3.05) is 18.5 Å². The molecule has 8 heavy (non-hydrogen) atoms. The van der Waals surface area contributed by atoms with E-state index in [0.29, 0.717) is 0 Å². The Morgan fingerprint density at radius 1 is 1.75 bits per heavy atom. The molecular weight excluding hydrogens is 122 g/mol. The Kier molecular flexibility index (Phi) is 1.18. The van der Waals surface area contributed by atoms with Crippen LogP contribution in [0, 0.1) is 0 Å². The zero-order valence-corrected chi connectivity index (χ0v) is 5.21. The van der Waals surface area contributed by atoms with Gasteiger partial charge in [-0.05, 0) is 19.2 Å². The molecule has 2 N–H and O–H groups in total. The molecule has 0 amide bonds. The van der Waals surface area contributed by atoms with E-state index in [4.69, 9.17) is 16.7 Å². The fourth-order valence-corrected chi connectivity index (χ4v) is 0.328. The molecule has 0 aliphatic heterocycles. The van der Waals surface area contributed by atoms with E-state index >= 15 is 0 Å². The predicted molar refractivity (Wildman–Crippen MR) is 37.2 cm³/mol. The van der Waals surface area contributed by atoms with Crippen molar-refractivity contribution >= 4 is 10.8 Å². The Morgan fingerprint density at radius 3 is 2.75 bits per heavy atom. The second kappa shape index (κ2) is 5.25. The zero-order chi connectivity index (χ0) is 13.6. The molecule has 3 heteroatoms. The molecule has 0 rings (SSSR count). The van der Waals surface area contributed by atoms with Crippen molar-refractivity contribution in [3.8, 4) is 0 Å². The first-order chi connectivity index (χ1) is 6.69. The molecule has 0 aromatic heterocycles. The highest BCUT2D eigenvalue weighted by Crippen LogP contribution is 1.86. The van der Waals surface area contributed by atoms with E-state index in [0.717, 1.165) is 6.26 Å². The lowest BCUT2D eigenvalue weighted by atomic mass is 10.3. The summed E-state index contributed by atoms with van der Waals surface area (Å²) in [5.74, 6) is 0. The smallest absolute Gasteiger partial charge is 0.0425 e. The zero-order valence-electron chi connectivity index (χ0n) is 12.4. The lowest BCUT2D eigenvalue weighted by molar-refractivity contribution is 0.682. The van der Waals surface area contributed by atoms with Gasteiger partial charge < -0.3 is 5.73 Å². The van der Waals surface area contributed by atoms with Gasteiger partial charge in [-0.2, -0.15) is 0 Å². The molecule has 0 aliphatic carbocycles. The van der Waals surface area contributed by atoms with Gasteiger partial charge in [0, 0.05) is 33.7 Å². The normalized spacial score (nSPS) is 35.8. The van der Waals surface area contributed by atoms with Crippen LogP contribution < -0.4 is 5.73 Å². The molecule has 50 valence electrons. The summed E-state index contributed by atoms with van der Waals surface area (Å²) in [5.41, 5.74) is 1.80. The van der Waals surface area contributed by atoms with Gasteiger partial charge in [-0.15, -0.1) is 0 Å². The lowest BCUT2D eigenvalue weighted by Crippen LogP contribution is -2.01. The summed E-state index contributed by atoms with van der Waals surface area (Å²) in [5, 5.41) is 0. The Hall–Kier alpha value is 0.110. The van der Waals surface area contributed by atoms with Crippen LogP contribution in [0.5, 0.6) is 0 Å². The van der Waals surface area contributed by atoms with Crippen molar-refractivity contribution in [1.29, 1.82) is 0 Å². The summed E-state index contributed by atoms with van der Waals surface area (Å²) in [6.45, 7) is -3.09. The van der Waals surface area contributed by atoms with E-state index < -0.39 is 35.7 Å². The van der Waals surface area contributed by atoms with E-state index in [-0.39, 0.29) is 0 Å². The fraction of sp³-hybridized carbons (Fsp3) is 1.00. The Bertz CT molecular complexity index is 297. The van der Waals surface area contributed by atoms with Crippen LogP contribution >= 0.6 is 0 Å². The fourth-order valence-electron chi connectivity index (χ4n) is 0.133. The minimum absolute atomic E-state index is 0.875. The van der Waals surface area contributed by atoms with Gasteiger partial charge in [-0.25, -0.2) is 0 Å². The van der Waals surface area contributed by atoms with Crippen molar-refractivity contribution in [1.82, 2.24) is 0 Å². The largest absolute Gasteiger partial charge is 0.330 e. The van der Waals surface area contributed by atoms with Gasteiger partial charge in [0.05, 0.1) is 0 Å². The number of nitrogens with two attached hydrogens (primary N) is 1. The van der Waals surface area contributed by atoms with Gasteiger partial charge in [-0.3, -0.25) is 4.21 Å². The third kappa shape index (κ3) is 6.11. The van der Waals surface area contributed by atoms with Gasteiger partial charge in [-0.1, -0.05) is 0 Å². The minimum Gasteiger partial charge on any atom is -0.330 e. The van der Waals surface area contributed by atoms with Crippen LogP contribution in [0.1, 0.15) is 23.7 Å². The number of hydrogen-bond acceptors (Lipinski definition) is 2. The van der Waals surface area contributed by atoms with Crippen molar-refractivity contribution in [2.45, 2.75) is 12.7 Å². The lowest BCUT2D eigenvalue weighted by Gasteiger charge is -1.91. The van der Waals surface area contributed by atoms with Crippen LogP contribution in [0.25, 0.3) is 0 Å². The molecule has 2 nitrogen and oxygen atoms in total. The topological polar surface area (TPSA) is 43.1 Å². The first-order valence-corrected chi connectivity index (χ1v) is 3.38. The van der Waals surface area contributed by atoms with Crippen LogP contribution in [0.2, 0.25) is 0 Å². The van der Waals surface area contributed by atoms with Crippen LogP contribution in [-0.2, 0) is 10.8 Å². The number of hydrogen-bond donors (Lipinski definition) is 1. The summed E-state index contributed by atoms with van der Waals surface area (Å²) in [7, 11) is -2.33. The highest BCUT2D eigenvalue weighted by Gasteiger charge is 1.87. The summed E-state index contributed by atoms with van der Waals surface area (Å²) < 4.78 is 68.6. The quantitative estimate of drug-likeness (QED) is 0.607. The molecule has 0 aliphatic rings. The molecule has 0 aromatic carbocycles. The molecule has 0 aromatic rings. The molecule has 0 bridgehead atoms. The molecule has 0 saturated heterocycles. The van der Waals surface area contributed by atoms with Crippen molar-refractivity contribution in [3.63, 3.8) is 0 Å². The van der Waals surface area contributed by atoms with Crippen LogP contribution in [0.3, 0.4) is 0 Å². The highest BCUT2D eigenvalue weighted by atomic mass is 32.2. The van der Waals surface area contributed by atoms with Crippen molar-refractivity contribution in [3.05, 3.63) is 0 Å². The average Bonchev–Trinajstić information content (AvgIpc) is 2.00. The summed E-state index contributed by atoms with van der Waals surface area (Å²) >= 11 is 0. The van der Waals surface area contributed by atoms with E-state index in [9.17, 15) is 4.21 Å². The molecular formula is C5H13NOS. The van der Waals surface area contributed by atoms with E-state index in [1.54, 1.807) is 0 Å². The van der Waals surface area contributed by atoms with E-state index in [2.05, 4.69) is 0 Å². The maximum Gasteiger partial charge on any atom is 0.0425 e. The van der Waals surface area contributed by atoms with Gasteiger partial charge in [0.15, 0.2) is 0 Å². The second-order valence-electron chi connectivity index (χ2n) is 0.951. The maximum absolute atomic E-state index is 11.1. The standard InChI is InChI=1S/C5H13NOS/c1-8(7)5-3-2-4-6/h2-6H2,1H3/i2D2,3D2,4D2,5D2. The van der Waals surface area contributed by atoms with Crippen molar-refractivity contribution in [2.24, 2.45) is 5.73 Å². The molecule has 0 spiro atoms. The highest BCUT2D eigenvalue weighted by molar-refractivity contribution is 7.84. The molecule has 0 radical (unpaired) electrons. The molecule has 0 heterocycles. The second-order valence-corrected chi connectivity index (χ2v) is 2.06. The van der Waals surface area contributed by atoms with Crippen molar-refractivity contribution < 1.29 is 15.2 Å².